The highest BCUT2D eigenvalue weighted by molar-refractivity contribution is 5.35. The van der Waals surface area contributed by atoms with Crippen molar-refractivity contribution in [1.82, 2.24) is 0 Å². The molecule has 1 aliphatic carbocycles. The van der Waals surface area contributed by atoms with Gasteiger partial charge in [-0.25, -0.2) is 13.2 Å². The number of rotatable bonds is 0. The van der Waals surface area contributed by atoms with E-state index >= 15 is 0 Å². The van der Waals surface area contributed by atoms with Crippen LogP contribution in [0.2, 0.25) is 0 Å². The minimum atomic E-state index is -1.50. The fourth-order valence-corrected chi connectivity index (χ4v) is 1.66. The number of aryl methyl sites for hydroxylation is 1. The van der Waals surface area contributed by atoms with Crippen molar-refractivity contribution >= 4 is 0 Å². The van der Waals surface area contributed by atoms with E-state index in [4.69, 9.17) is 0 Å². The third-order valence-corrected chi connectivity index (χ3v) is 2.31. The summed E-state index contributed by atoms with van der Waals surface area (Å²) in [6.45, 7) is 0. The van der Waals surface area contributed by atoms with Crippen molar-refractivity contribution in [3.63, 3.8) is 0 Å². The summed E-state index contributed by atoms with van der Waals surface area (Å²) in [5.41, 5.74) is 0.280. The van der Waals surface area contributed by atoms with Gasteiger partial charge in [0.15, 0.2) is 17.5 Å². The van der Waals surface area contributed by atoms with Crippen LogP contribution < -0.4 is 0 Å². The Morgan fingerprint density at radius 2 is 1.92 bits per heavy atom. The highest BCUT2D eigenvalue weighted by Crippen LogP contribution is 2.34. The number of hydrogen-bond donors (Lipinski definition) is 1. The van der Waals surface area contributed by atoms with E-state index in [1.807, 2.05) is 0 Å². The molecule has 0 saturated carbocycles. The van der Waals surface area contributed by atoms with E-state index in [0.29, 0.717) is 18.4 Å². The van der Waals surface area contributed by atoms with E-state index in [-0.39, 0.29) is 5.56 Å². The second-order valence-electron chi connectivity index (χ2n) is 3.11. The van der Waals surface area contributed by atoms with Crippen LogP contribution in [0.1, 0.15) is 23.7 Å². The first kappa shape index (κ1) is 8.56. The topological polar surface area (TPSA) is 20.2 Å². The highest BCUT2D eigenvalue weighted by atomic mass is 19.2. The summed E-state index contributed by atoms with van der Waals surface area (Å²) in [7, 11) is 0. The number of aliphatic hydroxyl groups is 1. The van der Waals surface area contributed by atoms with E-state index < -0.39 is 23.6 Å². The van der Waals surface area contributed by atoms with Crippen LogP contribution in [0.4, 0.5) is 13.2 Å². The van der Waals surface area contributed by atoms with Gasteiger partial charge >= 0.3 is 0 Å². The Bertz CT molecular complexity index is 362. The number of hydrogen-bond acceptors (Lipinski definition) is 1. The number of halogens is 3. The van der Waals surface area contributed by atoms with Gasteiger partial charge in [-0.1, -0.05) is 0 Å². The maximum atomic E-state index is 13.0. The van der Waals surface area contributed by atoms with E-state index in [1.165, 1.54) is 0 Å². The van der Waals surface area contributed by atoms with Gasteiger partial charge in [-0.3, -0.25) is 0 Å². The normalized spacial score (nSPS) is 20.5. The quantitative estimate of drug-likeness (QED) is 0.618. The third kappa shape index (κ3) is 1.13. The van der Waals surface area contributed by atoms with Gasteiger partial charge in [0.1, 0.15) is 0 Å². The summed E-state index contributed by atoms with van der Waals surface area (Å²) in [6.07, 6.45) is -0.273. The Morgan fingerprint density at radius 1 is 1.23 bits per heavy atom. The van der Waals surface area contributed by atoms with Crippen molar-refractivity contribution in [1.29, 1.82) is 0 Å². The predicted octanol–water partition coefficient (Wildman–Crippen LogP) is 2.08. The Hall–Kier alpha value is -1.03. The molecule has 0 radical (unpaired) electrons. The second-order valence-corrected chi connectivity index (χ2v) is 3.11. The van der Waals surface area contributed by atoms with E-state index in [0.717, 1.165) is 6.07 Å². The molecule has 70 valence electrons. The van der Waals surface area contributed by atoms with Gasteiger partial charge in [-0.2, -0.15) is 0 Å². The van der Waals surface area contributed by atoms with Gasteiger partial charge in [0, 0.05) is 5.56 Å². The summed E-state index contributed by atoms with van der Waals surface area (Å²) in [4.78, 5) is 0. The molecule has 0 aliphatic heterocycles. The van der Waals surface area contributed by atoms with Gasteiger partial charge in [0.05, 0.1) is 6.10 Å². The van der Waals surface area contributed by atoms with E-state index in [1.54, 1.807) is 0 Å². The molecule has 1 atom stereocenters. The molecule has 1 aromatic rings. The summed E-state index contributed by atoms with van der Waals surface area (Å²) in [6, 6.07) is 0.948. The fourth-order valence-electron chi connectivity index (χ4n) is 1.66. The zero-order valence-corrected chi connectivity index (χ0v) is 6.65. The molecular formula is C9H7F3O. The molecule has 0 bridgehead atoms. The first-order chi connectivity index (χ1) is 6.11. The van der Waals surface area contributed by atoms with Crippen LogP contribution in [0.5, 0.6) is 0 Å². The summed E-state index contributed by atoms with van der Waals surface area (Å²) >= 11 is 0. The summed E-state index contributed by atoms with van der Waals surface area (Å²) in [5.74, 6) is -3.94. The lowest BCUT2D eigenvalue weighted by Gasteiger charge is -2.06. The molecule has 13 heavy (non-hydrogen) atoms. The zero-order chi connectivity index (χ0) is 9.59. The summed E-state index contributed by atoms with van der Waals surface area (Å²) < 4.78 is 38.4. The van der Waals surface area contributed by atoms with Crippen LogP contribution >= 0.6 is 0 Å². The lowest BCUT2D eigenvalue weighted by atomic mass is 10.1. The van der Waals surface area contributed by atoms with Crippen molar-refractivity contribution < 1.29 is 18.3 Å². The maximum Gasteiger partial charge on any atom is 0.194 e. The molecule has 4 heteroatoms. The minimum absolute atomic E-state index is 0.0844. The van der Waals surface area contributed by atoms with Crippen molar-refractivity contribution in [3.05, 3.63) is 34.6 Å². The monoisotopic (exact) mass is 188 g/mol. The van der Waals surface area contributed by atoms with Crippen LogP contribution in [-0.4, -0.2) is 5.11 Å². The van der Waals surface area contributed by atoms with Crippen molar-refractivity contribution in [2.45, 2.75) is 18.9 Å². The molecule has 0 spiro atoms. The highest BCUT2D eigenvalue weighted by Gasteiger charge is 2.28. The second kappa shape index (κ2) is 2.73. The molecule has 1 unspecified atom stereocenters. The van der Waals surface area contributed by atoms with Crippen LogP contribution in [0.15, 0.2) is 6.07 Å². The van der Waals surface area contributed by atoms with Gasteiger partial charge in [-0.05, 0) is 24.5 Å². The van der Waals surface area contributed by atoms with Gasteiger partial charge in [0.2, 0.25) is 0 Å². The zero-order valence-electron chi connectivity index (χ0n) is 6.65. The standard InChI is InChI=1S/C9H7F3O/c10-5-3-4-1-2-6(13)7(4)9(12)8(5)11/h3,6,13H,1-2H2. The van der Waals surface area contributed by atoms with Gasteiger partial charge in [-0.15, -0.1) is 0 Å². The van der Waals surface area contributed by atoms with E-state index in [9.17, 15) is 18.3 Å². The minimum Gasteiger partial charge on any atom is -0.388 e. The average molecular weight is 188 g/mol. The Balaban J connectivity index is 2.68. The SMILES string of the molecule is OC1CCc2cc(F)c(F)c(F)c21. The summed E-state index contributed by atoms with van der Waals surface area (Å²) in [5, 5.41) is 9.25. The lowest BCUT2D eigenvalue weighted by Crippen LogP contribution is -2.01. The molecule has 0 fully saturated rings. The third-order valence-electron chi connectivity index (χ3n) is 2.31. The van der Waals surface area contributed by atoms with E-state index in [2.05, 4.69) is 0 Å². The number of aliphatic hydroxyl groups excluding tert-OH is 1. The first-order valence-corrected chi connectivity index (χ1v) is 3.95. The molecule has 0 aromatic heterocycles. The van der Waals surface area contributed by atoms with Crippen molar-refractivity contribution in [2.24, 2.45) is 0 Å². The molecule has 0 heterocycles. The van der Waals surface area contributed by atoms with Gasteiger partial charge < -0.3 is 5.11 Å². The number of benzene rings is 1. The van der Waals surface area contributed by atoms with Gasteiger partial charge in [0.25, 0.3) is 0 Å². The molecule has 2 rings (SSSR count). The first-order valence-electron chi connectivity index (χ1n) is 3.95. The fraction of sp³-hybridized carbons (Fsp3) is 0.333. The maximum absolute atomic E-state index is 13.0. The smallest absolute Gasteiger partial charge is 0.194 e. The van der Waals surface area contributed by atoms with Crippen LogP contribution in [0.25, 0.3) is 0 Å². The molecular weight excluding hydrogens is 181 g/mol. The molecule has 1 aromatic carbocycles. The number of fused-ring (bicyclic) bond motifs is 1. The molecule has 1 aliphatic rings. The van der Waals surface area contributed by atoms with Crippen LogP contribution in [0, 0.1) is 17.5 Å². The molecule has 0 saturated heterocycles. The lowest BCUT2D eigenvalue weighted by molar-refractivity contribution is 0.174. The molecule has 0 amide bonds. The molecule has 1 N–H and O–H groups in total. The Morgan fingerprint density at radius 3 is 2.62 bits per heavy atom. The largest absolute Gasteiger partial charge is 0.388 e. The van der Waals surface area contributed by atoms with Crippen molar-refractivity contribution in [3.8, 4) is 0 Å². The van der Waals surface area contributed by atoms with Crippen molar-refractivity contribution in [2.75, 3.05) is 0 Å². The molecule has 1 nitrogen and oxygen atoms in total. The Labute approximate surface area is 72.8 Å². The predicted molar refractivity (Wildman–Crippen MR) is 39.6 cm³/mol. The van der Waals surface area contributed by atoms with Crippen LogP contribution in [0.3, 0.4) is 0 Å². The Kier molecular flexibility index (Phi) is 1.80. The average Bonchev–Trinajstić information content (AvgIpc) is 2.43. The van der Waals surface area contributed by atoms with Crippen LogP contribution in [-0.2, 0) is 6.42 Å².